The number of hydrogen-bond donors (Lipinski definition) is 8. The smallest absolute Gasteiger partial charge is 0.217 e. The van der Waals surface area contributed by atoms with Crippen molar-refractivity contribution >= 4 is 5.91 Å². The minimum atomic E-state index is -1.73. The molecule has 2 rings (SSSR count). The number of aliphatic hydroxyl groups is 6. The van der Waals surface area contributed by atoms with Crippen LogP contribution in [0.15, 0.2) is 0 Å². The number of ether oxygens (including phenoxy) is 4. The van der Waals surface area contributed by atoms with Crippen LogP contribution >= 0.6 is 0 Å². The summed E-state index contributed by atoms with van der Waals surface area (Å²) < 4.78 is 22.7. The fourth-order valence-corrected chi connectivity index (χ4v) is 4.94. The number of hydrogen-bond acceptors (Lipinski definition) is 12. The van der Waals surface area contributed by atoms with Gasteiger partial charge >= 0.3 is 0 Å². The highest BCUT2D eigenvalue weighted by atomic mass is 16.7. The van der Waals surface area contributed by atoms with E-state index in [4.69, 9.17) is 24.7 Å². The average molecular weight is 567 g/mol. The lowest BCUT2D eigenvalue weighted by atomic mass is 9.95. The van der Waals surface area contributed by atoms with Crippen LogP contribution in [-0.2, 0) is 23.7 Å². The van der Waals surface area contributed by atoms with Crippen LogP contribution in [0.3, 0.4) is 0 Å². The third-order valence-corrected chi connectivity index (χ3v) is 7.27. The minimum absolute atomic E-state index is 0.0976. The molecule has 1 amide bonds. The van der Waals surface area contributed by atoms with E-state index in [0.717, 1.165) is 25.7 Å². The van der Waals surface area contributed by atoms with Gasteiger partial charge in [0.15, 0.2) is 12.6 Å². The summed E-state index contributed by atoms with van der Waals surface area (Å²) in [5.74, 6) is -0.478. The Hall–Kier alpha value is -0.970. The van der Waals surface area contributed by atoms with E-state index in [1.807, 2.05) is 0 Å². The first-order valence-corrected chi connectivity index (χ1v) is 14.2. The van der Waals surface area contributed by atoms with Gasteiger partial charge in [-0.25, -0.2) is 0 Å². The first-order chi connectivity index (χ1) is 18.6. The first-order valence-electron chi connectivity index (χ1n) is 14.2. The monoisotopic (exact) mass is 566 g/mol. The predicted octanol–water partition coefficient (Wildman–Crippen LogP) is -1.37. The predicted molar refractivity (Wildman–Crippen MR) is 139 cm³/mol. The molecular formula is C26H50N2O11. The third kappa shape index (κ3) is 10.4. The number of carbonyl (C=O) groups is 1. The Balaban J connectivity index is 1.94. The molecule has 2 aliphatic rings. The Morgan fingerprint density at radius 1 is 0.846 bits per heavy atom. The normalized spacial score (nSPS) is 36.0. The van der Waals surface area contributed by atoms with Crippen molar-refractivity contribution in [2.75, 3.05) is 19.8 Å². The van der Waals surface area contributed by atoms with Crippen molar-refractivity contribution in [3.63, 3.8) is 0 Å². The molecule has 2 saturated heterocycles. The van der Waals surface area contributed by atoms with E-state index in [0.29, 0.717) is 0 Å². The van der Waals surface area contributed by atoms with Crippen molar-refractivity contribution in [1.29, 1.82) is 0 Å². The van der Waals surface area contributed by atoms with Crippen molar-refractivity contribution in [2.45, 2.75) is 139 Å². The Kier molecular flexibility index (Phi) is 15.6. The molecule has 0 aromatic heterocycles. The highest BCUT2D eigenvalue weighted by Crippen LogP contribution is 2.29. The van der Waals surface area contributed by atoms with Crippen molar-refractivity contribution < 1.29 is 54.4 Å². The largest absolute Gasteiger partial charge is 0.394 e. The summed E-state index contributed by atoms with van der Waals surface area (Å²) >= 11 is 0. The summed E-state index contributed by atoms with van der Waals surface area (Å²) in [6.45, 7) is 2.27. The molecule has 0 saturated carbocycles. The molecule has 0 aromatic rings. The summed E-state index contributed by atoms with van der Waals surface area (Å²) in [6, 6.07) is -1.41. The number of carbonyl (C=O) groups excluding carboxylic acids is 1. The van der Waals surface area contributed by atoms with Crippen LogP contribution in [-0.4, -0.2) is 124 Å². The molecule has 0 aliphatic carbocycles. The van der Waals surface area contributed by atoms with Crippen LogP contribution in [0.2, 0.25) is 0 Å². The number of unbranched alkanes of at least 4 members (excludes halogenated alkanes) is 7. The molecule has 0 spiro atoms. The molecular weight excluding hydrogens is 516 g/mol. The SMILES string of the molecule is CCCCCCCCCCC(N)CO[C@@H]1OC(CO)[C@@H](O[C@@H]2OC(CO)[C@H](O)[C@H](O)C2O)[C@H](O)C1NC(C)=O. The van der Waals surface area contributed by atoms with E-state index in [2.05, 4.69) is 12.2 Å². The van der Waals surface area contributed by atoms with Crippen LogP contribution in [0, 0.1) is 0 Å². The maximum Gasteiger partial charge on any atom is 0.217 e. The highest BCUT2D eigenvalue weighted by Gasteiger charge is 2.51. The van der Waals surface area contributed by atoms with Gasteiger partial charge in [-0.05, 0) is 6.42 Å². The van der Waals surface area contributed by atoms with Gasteiger partial charge in [0.2, 0.25) is 5.91 Å². The maximum atomic E-state index is 11.9. The van der Waals surface area contributed by atoms with Gasteiger partial charge in [0.05, 0.1) is 19.8 Å². The van der Waals surface area contributed by atoms with Crippen LogP contribution in [0.4, 0.5) is 0 Å². The van der Waals surface area contributed by atoms with Gasteiger partial charge in [-0.15, -0.1) is 0 Å². The van der Waals surface area contributed by atoms with Gasteiger partial charge in [0, 0.05) is 13.0 Å². The fraction of sp³-hybridized carbons (Fsp3) is 0.962. The molecule has 39 heavy (non-hydrogen) atoms. The minimum Gasteiger partial charge on any atom is -0.394 e. The van der Waals surface area contributed by atoms with Crippen LogP contribution in [0.1, 0.15) is 71.6 Å². The summed E-state index contributed by atoms with van der Waals surface area (Å²) in [7, 11) is 0. The molecule has 2 heterocycles. The van der Waals surface area contributed by atoms with Gasteiger partial charge in [-0.3, -0.25) is 4.79 Å². The van der Waals surface area contributed by atoms with E-state index >= 15 is 0 Å². The van der Waals surface area contributed by atoms with E-state index in [9.17, 15) is 35.4 Å². The second-order valence-electron chi connectivity index (χ2n) is 10.6. The number of rotatable bonds is 17. The van der Waals surface area contributed by atoms with Crippen LogP contribution in [0.25, 0.3) is 0 Å². The average Bonchev–Trinajstić information content (AvgIpc) is 2.91. The topological polar surface area (TPSA) is 213 Å². The maximum absolute atomic E-state index is 11.9. The molecule has 2 aliphatic heterocycles. The first kappa shape index (κ1) is 34.2. The zero-order valence-corrected chi connectivity index (χ0v) is 23.1. The van der Waals surface area contributed by atoms with E-state index in [-0.39, 0.29) is 12.6 Å². The summed E-state index contributed by atoms with van der Waals surface area (Å²) in [5.41, 5.74) is 6.22. The van der Waals surface area contributed by atoms with Crippen molar-refractivity contribution in [1.82, 2.24) is 5.32 Å². The van der Waals surface area contributed by atoms with Gasteiger partial charge in [0.1, 0.15) is 48.8 Å². The number of aliphatic hydroxyl groups excluding tert-OH is 6. The Morgan fingerprint density at radius 2 is 1.44 bits per heavy atom. The fourth-order valence-electron chi connectivity index (χ4n) is 4.94. The zero-order valence-electron chi connectivity index (χ0n) is 23.1. The zero-order chi connectivity index (χ0) is 28.9. The summed E-state index contributed by atoms with van der Waals surface area (Å²) in [4.78, 5) is 11.9. The second kappa shape index (κ2) is 17.8. The lowest BCUT2D eigenvalue weighted by Crippen LogP contribution is -2.67. The van der Waals surface area contributed by atoms with Crippen molar-refractivity contribution in [3.05, 3.63) is 0 Å². The second-order valence-corrected chi connectivity index (χ2v) is 10.6. The van der Waals surface area contributed by atoms with Crippen molar-refractivity contribution in [2.24, 2.45) is 5.73 Å². The Morgan fingerprint density at radius 3 is 2.03 bits per heavy atom. The van der Waals surface area contributed by atoms with E-state index in [1.165, 1.54) is 39.0 Å². The van der Waals surface area contributed by atoms with Crippen molar-refractivity contribution in [3.8, 4) is 0 Å². The highest BCUT2D eigenvalue weighted by molar-refractivity contribution is 5.73. The van der Waals surface area contributed by atoms with Crippen LogP contribution < -0.4 is 11.1 Å². The molecule has 13 heteroatoms. The quantitative estimate of drug-likeness (QED) is 0.0958. The molecule has 11 atom stereocenters. The molecule has 5 unspecified atom stereocenters. The Bertz CT molecular complexity index is 688. The van der Waals surface area contributed by atoms with E-state index in [1.54, 1.807) is 0 Å². The lowest BCUT2D eigenvalue weighted by Gasteiger charge is -2.47. The van der Waals surface area contributed by atoms with E-state index < -0.39 is 80.5 Å². The van der Waals surface area contributed by atoms with Crippen LogP contribution in [0.5, 0.6) is 0 Å². The van der Waals surface area contributed by atoms with Gasteiger partial charge in [-0.2, -0.15) is 0 Å². The Labute approximate surface area is 230 Å². The van der Waals surface area contributed by atoms with Gasteiger partial charge in [0.25, 0.3) is 0 Å². The molecule has 0 radical (unpaired) electrons. The number of nitrogens with two attached hydrogens (primary N) is 1. The van der Waals surface area contributed by atoms with Gasteiger partial charge in [-0.1, -0.05) is 58.3 Å². The van der Waals surface area contributed by atoms with Gasteiger partial charge < -0.3 is 60.6 Å². The standard InChI is InChI=1S/C26H50N2O11/c1-3-4-5-6-7-8-9-10-11-16(27)14-36-25-19(28-15(2)31)21(33)24(18(13-30)38-25)39-26-23(35)22(34)20(32)17(12-29)37-26/h16-26,29-30,32-35H,3-14,27H2,1-2H3,(H,28,31)/t16?,17?,18?,19?,20-,21+,22-,23?,24+,25+,26-/m0/s1. The summed E-state index contributed by atoms with van der Waals surface area (Å²) in [6.07, 6.45) is -2.77. The lowest BCUT2D eigenvalue weighted by molar-refractivity contribution is -0.348. The molecule has 9 N–H and O–H groups in total. The molecule has 0 bridgehead atoms. The molecule has 0 aromatic carbocycles. The molecule has 230 valence electrons. The third-order valence-electron chi connectivity index (χ3n) is 7.27. The summed E-state index contributed by atoms with van der Waals surface area (Å²) in [5, 5.41) is 63.4. The number of amides is 1. The molecule has 2 fully saturated rings. The molecule has 13 nitrogen and oxygen atoms in total. The number of nitrogens with one attached hydrogen (secondary N) is 1.